The third kappa shape index (κ3) is 10.5. The standard InChI is InChI=1S/C18H15F4IN2O3.C17H13F4IN2O3/c19-11-6-9(23)2-3-13(11)24-16-10(7-12(20)14(21)15(16)22)17(26)25-28-8-18(27)4-1-5-18;18-10-5-8(22)1-2-12(10)23-15-9(6-11(19)13(20)14(15)21)16(25)24-27-7-17(26)3-4-17/h2-3,6-7,24,27H,1,4-5,8H2,(H,25,26);1-2,5-6,23,26H,3-4,7H2,(H,24,25). The van der Waals surface area contributed by atoms with Crippen LogP contribution in [0.2, 0.25) is 0 Å². The highest BCUT2D eigenvalue weighted by molar-refractivity contribution is 14.1. The molecule has 2 saturated carbocycles. The highest BCUT2D eigenvalue weighted by Crippen LogP contribution is 2.35. The zero-order valence-corrected chi connectivity index (χ0v) is 32.2. The third-order valence-corrected chi connectivity index (χ3v) is 9.66. The van der Waals surface area contributed by atoms with Gasteiger partial charge in [0.1, 0.15) is 24.8 Å². The molecule has 294 valence electrons. The van der Waals surface area contributed by atoms with Gasteiger partial charge >= 0.3 is 0 Å². The molecular weight excluding hydrogens is 978 g/mol. The van der Waals surface area contributed by atoms with Crippen LogP contribution in [0, 0.1) is 53.7 Å². The lowest BCUT2D eigenvalue weighted by Gasteiger charge is -2.35. The Balaban J connectivity index is 0.000000211. The zero-order valence-electron chi connectivity index (χ0n) is 27.9. The average Bonchev–Trinajstić information content (AvgIpc) is 3.86. The Morgan fingerprint density at radius 3 is 1.29 bits per heavy atom. The minimum Gasteiger partial charge on any atom is -0.387 e. The summed E-state index contributed by atoms with van der Waals surface area (Å²) in [6, 6.07) is 8.76. The lowest BCUT2D eigenvalue weighted by molar-refractivity contribution is -0.113. The Morgan fingerprint density at radius 2 is 0.964 bits per heavy atom. The van der Waals surface area contributed by atoms with Gasteiger partial charge in [-0.3, -0.25) is 19.3 Å². The summed E-state index contributed by atoms with van der Waals surface area (Å²) in [6.07, 6.45) is 2.82. The van der Waals surface area contributed by atoms with Gasteiger partial charge in [-0.25, -0.2) is 46.1 Å². The number of amides is 2. The zero-order chi connectivity index (χ0) is 40.2. The molecule has 0 saturated heterocycles. The first kappa shape index (κ1) is 42.3. The van der Waals surface area contributed by atoms with E-state index >= 15 is 0 Å². The highest BCUT2D eigenvalue weighted by atomic mass is 127. The van der Waals surface area contributed by atoms with Crippen molar-refractivity contribution in [2.75, 3.05) is 23.8 Å². The van der Waals surface area contributed by atoms with Crippen LogP contribution in [0.4, 0.5) is 57.9 Å². The second-order valence-corrected chi connectivity index (χ2v) is 15.0. The molecule has 6 N–H and O–H groups in total. The Labute approximate surface area is 334 Å². The summed E-state index contributed by atoms with van der Waals surface area (Å²) < 4.78 is 112. The SMILES string of the molecule is O=C(NOCC1(O)CC1)c1cc(F)c(F)c(F)c1Nc1ccc(I)cc1F.O=C(NOCC1(O)CCC1)c1cc(F)c(F)c(F)c1Nc1ccc(I)cc1F. The number of hydrogen-bond acceptors (Lipinski definition) is 8. The molecule has 10 nitrogen and oxygen atoms in total. The molecule has 0 unspecified atom stereocenters. The van der Waals surface area contributed by atoms with E-state index in [0.717, 1.165) is 18.6 Å². The van der Waals surface area contributed by atoms with Crippen LogP contribution < -0.4 is 21.6 Å². The Hall–Kier alpha value is -3.84. The highest BCUT2D eigenvalue weighted by Gasteiger charge is 2.41. The van der Waals surface area contributed by atoms with Gasteiger partial charge in [-0.15, -0.1) is 0 Å². The number of anilines is 4. The molecule has 55 heavy (non-hydrogen) atoms. The quantitative estimate of drug-likeness (QED) is 0.0364. The van der Waals surface area contributed by atoms with E-state index in [-0.39, 0.29) is 24.6 Å². The number of carbonyl (C=O) groups is 2. The van der Waals surface area contributed by atoms with E-state index in [4.69, 9.17) is 9.68 Å². The summed E-state index contributed by atoms with van der Waals surface area (Å²) in [5.41, 5.74) is -1.43. The van der Waals surface area contributed by atoms with Crippen molar-refractivity contribution < 1.29 is 64.6 Å². The lowest BCUT2D eigenvalue weighted by Crippen LogP contribution is -2.44. The molecular formula is C35H28F8I2N4O6. The third-order valence-electron chi connectivity index (χ3n) is 8.32. The molecule has 0 spiro atoms. The second kappa shape index (κ2) is 17.5. The number of aliphatic hydroxyl groups is 2. The fourth-order valence-electron chi connectivity index (χ4n) is 4.84. The summed E-state index contributed by atoms with van der Waals surface area (Å²) in [5, 5.41) is 24.1. The molecule has 0 bridgehead atoms. The number of rotatable bonds is 12. The summed E-state index contributed by atoms with van der Waals surface area (Å²) in [4.78, 5) is 34.3. The Kier molecular flexibility index (Phi) is 13.5. The summed E-state index contributed by atoms with van der Waals surface area (Å²) in [5.74, 6) is -13.9. The van der Waals surface area contributed by atoms with Crippen molar-refractivity contribution in [2.24, 2.45) is 0 Å². The van der Waals surface area contributed by atoms with Gasteiger partial charge < -0.3 is 20.8 Å². The van der Waals surface area contributed by atoms with Gasteiger partial charge in [0, 0.05) is 7.14 Å². The van der Waals surface area contributed by atoms with Crippen molar-refractivity contribution in [3.8, 4) is 0 Å². The number of hydrogen-bond donors (Lipinski definition) is 6. The predicted molar refractivity (Wildman–Crippen MR) is 197 cm³/mol. The average molecular weight is 1010 g/mol. The van der Waals surface area contributed by atoms with Crippen molar-refractivity contribution in [1.29, 1.82) is 0 Å². The largest absolute Gasteiger partial charge is 0.387 e. The molecule has 0 atom stereocenters. The van der Waals surface area contributed by atoms with E-state index in [0.29, 0.717) is 45.0 Å². The number of halogens is 10. The van der Waals surface area contributed by atoms with Gasteiger partial charge in [-0.2, -0.15) is 0 Å². The van der Waals surface area contributed by atoms with E-state index in [2.05, 4.69) is 10.6 Å². The number of benzene rings is 4. The molecule has 4 aromatic carbocycles. The van der Waals surface area contributed by atoms with Gasteiger partial charge in [0.05, 0.1) is 45.1 Å². The normalized spacial score (nSPS) is 14.9. The van der Waals surface area contributed by atoms with Crippen LogP contribution >= 0.6 is 45.2 Å². The monoisotopic (exact) mass is 1010 g/mol. The molecule has 0 aromatic heterocycles. The van der Waals surface area contributed by atoms with Crippen LogP contribution in [-0.2, 0) is 9.68 Å². The van der Waals surface area contributed by atoms with E-state index < -0.39 is 92.1 Å². The van der Waals surface area contributed by atoms with E-state index in [9.17, 15) is 54.9 Å². The minimum atomic E-state index is -1.81. The van der Waals surface area contributed by atoms with Crippen LogP contribution in [0.5, 0.6) is 0 Å². The molecule has 0 heterocycles. The maximum absolute atomic E-state index is 14.3. The molecule has 2 amide bonds. The van der Waals surface area contributed by atoms with Crippen molar-refractivity contribution in [1.82, 2.24) is 11.0 Å². The first-order chi connectivity index (χ1) is 25.9. The lowest BCUT2D eigenvalue weighted by atomic mass is 9.81. The smallest absolute Gasteiger partial charge is 0.277 e. The van der Waals surface area contributed by atoms with Gasteiger partial charge in [0.2, 0.25) is 0 Å². The first-order valence-corrected chi connectivity index (χ1v) is 18.1. The predicted octanol–water partition coefficient (Wildman–Crippen LogP) is 7.95. The molecule has 20 heteroatoms. The van der Waals surface area contributed by atoms with Gasteiger partial charge in [0.25, 0.3) is 11.8 Å². The molecule has 0 aliphatic heterocycles. The van der Waals surface area contributed by atoms with Crippen LogP contribution in [0.25, 0.3) is 0 Å². The fourth-order valence-corrected chi connectivity index (χ4v) is 5.75. The summed E-state index contributed by atoms with van der Waals surface area (Å²) in [7, 11) is 0. The maximum atomic E-state index is 14.3. The molecule has 4 aromatic rings. The van der Waals surface area contributed by atoms with Crippen molar-refractivity contribution >= 4 is 79.7 Å². The van der Waals surface area contributed by atoms with E-state index in [1.54, 1.807) is 0 Å². The fraction of sp³-hybridized carbons (Fsp3) is 0.257. The molecule has 0 radical (unpaired) electrons. The first-order valence-electron chi connectivity index (χ1n) is 16.0. The Bertz CT molecular complexity index is 2120. The second-order valence-electron chi connectivity index (χ2n) is 12.6. The maximum Gasteiger partial charge on any atom is 0.277 e. The van der Waals surface area contributed by atoms with Gasteiger partial charge in [-0.1, -0.05) is 0 Å². The van der Waals surface area contributed by atoms with Crippen molar-refractivity contribution in [3.63, 3.8) is 0 Å². The number of nitrogens with one attached hydrogen (secondary N) is 4. The van der Waals surface area contributed by atoms with Crippen LogP contribution in [0.15, 0.2) is 48.5 Å². The minimum absolute atomic E-state index is 0.209. The summed E-state index contributed by atoms with van der Waals surface area (Å²) >= 11 is 3.72. The molecule has 2 fully saturated rings. The molecule has 6 rings (SSSR count). The van der Waals surface area contributed by atoms with E-state index in [1.165, 1.54) is 24.3 Å². The van der Waals surface area contributed by atoms with Crippen molar-refractivity contribution in [2.45, 2.75) is 43.3 Å². The van der Waals surface area contributed by atoms with Crippen LogP contribution in [0.1, 0.15) is 52.8 Å². The van der Waals surface area contributed by atoms with Crippen LogP contribution in [0.3, 0.4) is 0 Å². The topological polar surface area (TPSA) is 141 Å². The van der Waals surface area contributed by atoms with E-state index in [1.807, 2.05) is 56.1 Å². The van der Waals surface area contributed by atoms with Crippen molar-refractivity contribution in [3.05, 3.63) is 113 Å². The number of carbonyl (C=O) groups excluding carboxylic acids is 2. The van der Waals surface area contributed by atoms with Gasteiger partial charge in [-0.05, 0) is 126 Å². The molecule has 2 aliphatic rings. The summed E-state index contributed by atoms with van der Waals surface area (Å²) in [6.45, 7) is -0.418. The van der Waals surface area contributed by atoms with Crippen LogP contribution in [-0.4, -0.2) is 46.4 Å². The van der Waals surface area contributed by atoms with Gasteiger partial charge in [0.15, 0.2) is 34.9 Å². The molecule has 2 aliphatic carbocycles. The number of hydroxylamine groups is 2. The Morgan fingerprint density at radius 1 is 0.582 bits per heavy atom.